The zero-order valence-corrected chi connectivity index (χ0v) is 11.4. The van der Waals surface area contributed by atoms with Crippen LogP contribution in [-0.2, 0) is 0 Å². The van der Waals surface area contributed by atoms with Crippen LogP contribution in [-0.4, -0.2) is 13.1 Å². The Morgan fingerprint density at radius 1 is 1.06 bits per heavy atom. The van der Waals surface area contributed by atoms with Gasteiger partial charge in [0.2, 0.25) is 0 Å². The summed E-state index contributed by atoms with van der Waals surface area (Å²) in [4.78, 5) is 0. The van der Waals surface area contributed by atoms with Crippen LogP contribution < -0.4 is 5.32 Å². The minimum atomic E-state index is 0.615. The summed E-state index contributed by atoms with van der Waals surface area (Å²) >= 11 is 0. The molecule has 0 aromatic heterocycles. The molecule has 2 rings (SSSR count). The first-order valence-corrected chi connectivity index (χ1v) is 7.29. The Hall–Kier alpha value is -0.0400. The molecule has 0 bridgehead atoms. The maximum atomic E-state index is 3.49. The van der Waals surface area contributed by atoms with Crippen molar-refractivity contribution in [1.29, 1.82) is 0 Å². The minimum absolute atomic E-state index is 0.615. The first kappa shape index (κ1) is 12.4. The smallest absolute Gasteiger partial charge is 0.00462 e. The van der Waals surface area contributed by atoms with Crippen LogP contribution in [0.5, 0.6) is 0 Å². The highest BCUT2D eigenvalue weighted by atomic mass is 14.9. The summed E-state index contributed by atoms with van der Waals surface area (Å²) in [5, 5.41) is 3.49. The second-order valence-electron chi connectivity index (χ2n) is 6.97. The molecule has 1 heteroatoms. The summed E-state index contributed by atoms with van der Waals surface area (Å²) < 4.78 is 0. The molecule has 1 aliphatic heterocycles. The SMILES string of the molecule is CC(C1CCNCC1)C1CCCC(C)(C)C1. The molecule has 2 unspecified atom stereocenters. The van der Waals surface area contributed by atoms with Crippen LogP contribution in [0.15, 0.2) is 0 Å². The van der Waals surface area contributed by atoms with Crippen LogP contribution in [0.4, 0.5) is 0 Å². The lowest BCUT2D eigenvalue weighted by atomic mass is 9.65. The molecule has 0 radical (unpaired) electrons. The topological polar surface area (TPSA) is 12.0 Å². The van der Waals surface area contributed by atoms with E-state index < -0.39 is 0 Å². The van der Waals surface area contributed by atoms with Gasteiger partial charge in [0.1, 0.15) is 0 Å². The highest BCUT2D eigenvalue weighted by molar-refractivity contribution is 4.85. The average molecular weight is 223 g/mol. The second kappa shape index (κ2) is 5.08. The van der Waals surface area contributed by atoms with Gasteiger partial charge in [-0.2, -0.15) is 0 Å². The van der Waals surface area contributed by atoms with E-state index in [1.54, 1.807) is 0 Å². The van der Waals surface area contributed by atoms with Gasteiger partial charge in [-0.1, -0.05) is 33.6 Å². The lowest BCUT2D eigenvalue weighted by Crippen LogP contribution is -2.35. The van der Waals surface area contributed by atoms with E-state index in [-0.39, 0.29) is 0 Å². The van der Waals surface area contributed by atoms with Crippen LogP contribution in [0.25, 0.3) is 0 Å². The zero-order chi connectivity index (χ0) is 11.6. The average Bonchev–Trinajstić information content (AvgIpc) is 2.28. The molecule has 0 spiro atoms. The van der Waals surface area contributed by atoms with Crippen LogP contribution >= 0.6 is 0 Å². The van der Waals surface area contributed by atoms with Gasteiger partial charge in [-0.3, -0.25) is 0 Å². The van der Waals surface area contributed by atoms with Gasteiger partial charge in [0.15, 0.2) is 0 Å². The zero-order valence-electron chi connectivity index (χ0n) is 11.4. The summed E-state index contributed by atoms with van der Waals surface area (Å²) in [5.41, 5.74) is 0.615. The Balaban J connectivity index is 1.90. The summed E-state index contributed by atoms with van der Waals surface area (Å²) in [7, 11) is 0. The lowest BCUT2D eigenvalue weighted by molar-refractivity contribution is 0.0993. The number of piperidine rings is 1. The Morgan fingerprint density at radius 3 is 2.38 bits per heavy atom. The van der Waals surface area contributed by atoms with E-state index in [4.69, 9.17) is 0 Å². The van der Waals surface area contributed by atoms with Crippen molar-refractivity contribution in [3.05, 3.63) is 0 Å². The van der Waals surface area contributed by atoms with Crippen LogP contribution in [0.2, 0.25) is 0 Å². The van der Waals surface area contributed by atoms with Crippen molar-refractivity contribution >= 4 is 0 Å². The van der Waals surface area contributed by atoms with Crippen molar-refractivity contribution in [1.82, 2.24) is 5.32 Å². The monoisotopic (exact) mass is 223 g/mol. The molecular weight excluding hydrogens is 194 g/mol. The minimum Gasteiger partial charge on any atom is -0.317 e. The number of rotatable bonds is 2. The van der Waals surface area contributed by atoms with Crippen LogP contribution in [0.1, 0.15) is 59.3 Å². The van der Waals surface area contributed by atoms with E-state index in [1.807, 2.05) is 0 Å². The van der Waals surface area contributed by atoms with Crippen molar-refractivity contribution in [2.75, 3.05) is 13.1 Å². The molecule has 1 aliphatic carbocycles. The Morgan fingerprint density at radius 2 is 1.75 bits per heavy atom. The molecule has 94 valence electrons. The van der Waals surface area contributed by atoms with E-state index in [0.29, 0.717) is 5.41 Å². The largest absolute Gasteiger partial charge is 0.317 e. The van der Waals surface area contributed by atoms with Crippen molar-refractivity contribution in [3.8, 4) is 0 Å². The number of hydrogen-bond acceptors (Lipinski definition) is 1. The molecule has 1 saturated heterocycles. The Labute approximate surface area is 101 Å². The summed E-state index contributed by atoms with van der Waals surface area (Å²) in [6.07, 6.45) is 8.71. The van der Waals surface area contributed by atoms with Gasteiger partial charge in [-0.05, 0) is 61.9 Å². The summed E-state index contributed by atoms with van der Waals surface area (Å²) in [6.45, 7) is 9.97. The molecule has 1 saturated carbocycles. The second-order valence-corrected chi connectivity index (χ2v) is 6.97. The Bertz CT molecular complexity index is 215. The molecule has 16 heavy (non-hydrogen) atoms. The highest BCUT2D eigenvalue weighted by Gasteiger charge is 2.34. The molecule has 1 N–H and O–H groups in total. The third-order valence-electron chi connectivity index (χ3n) is 5.11. The van der Waals surface area contributed by atoms with Gasteiger partial charge >= 0.3 is 0 Å². The van der Waals surface area contributed by atoms with E-state index in [1.165, 1.54) is 51.6 Å². The maximum Gasteiger partial charge on any atom is -0.00462 e. The van der Waals surface area contributed by atoms with Gasteiger partial charge < -0.3 is 5.32 Å². The van der Waals surface area contributed by atoms with Gasteiger partial charge in [-0.25, -0.2) is 0 Å². The summed E-state index contributed by atoms with van der Waals surface area (Å²) in [5.74, 6) is 2.97. The van der Waals surface area contributed by atoms with Crippen LogP contribution in [0, 0.1) is 23.2 Å². The predicted molar refractivity (Wildman–Crippen MR) is 70.5 cm³/mol. The van der Waals surface area contributed by atoms with E-state index in [0.717, 1.165) is 17.8 Å². The first-order valence-electron chi connectivity index (χ1n) is 7.29. The van der Waals surface area contributed by atoms with E-state index in [9.17, 15) is 0 Å². The molecule has 0 amide bonds. The third-order valence-corrected chi connectivity index (χ3v) is 5.11. The molecule has 1 heterocycles. The van der Waals surface area contributed by atoms with Gasteiger partial charge in [-0.15, -0.1) is 0 Å². The van der Waals surface area contributed by atoms with Gasteiger partial charge in [0, 0.05) is 0 Å². The van der Waals surface area contributed by atoms with E-state index in [2.05, 4.69) is 26.1 Å². The molecule has 2 aliphatic rings. The van der Waals surface area contributed by atoms with Crippen molar-refractivity contribution < 1.29 is 0 Å². The molecule has 2 atom stereocenters. The molecule has 1 nitrogen and oxygen atoms in total. The first-order chi connectivity index (χ1) is 7.58. The third kappa shape index (κ3) is 3.00. The van der Waals surface area contributed by atoms with Crippen LogP contribution in [0.3, 0.4) is 0 Å². The maximum absolute atomic E-state index is 3.49. The fourth-order valence-electron chi connectivity index (χ4n) is 3.96. The van der Waals surface area contributed by atoms with E-state index >= 15 is 0 Å². The Kier molecular flexibility index (Phi) is 3.94. The predicted octanol–water partition coefficient (Wildman–Crippen LogP) is 3.84. The van der Waals surface area contributed by atoms with Crippen molar-refractivity contribution in [2.45, 2.75) is 59.3 Å². The van der Waals surface area contributed by atoms with Crippen molar-refractivity contribution in [3.63, 3.8) is 0 Å². The molecular formula is C15H29N. The lowest BCUT2D eigenvalue weighted by Gasteiger charge is -2.41. The number of nitrogens with one attached hydrogen (secondary N) is 1. The van der Waals surface area contributed by atoms with Gasteiger partial charge in [0.05, 0.1) is 0 Å². The standard InChI is InChI=1S/C15H29N/c1-12(13-6-9-16-10-7-13)14-5-4-8-15(2,3)11-14/h12-14,16H,4-11H2,1-3H3. The van der Waals surface area contributed by atoms with Crippen molar-refractivity contribution in [2.24, 2.45) is 23.2 Å². The normalized spacial score (nSPS) is 33.6. The van der Waals surface area contributed by atoms with Gasteiger partial charge in [0.25, 0.3) is 0 Å². The quantitative estimate of drug-likeness (QED) is 0.750. The molecule has 2 fully saturated rings. The fraction of sp³-hybridized carbons (Fsp3) is 1.00. The molecule has 0 aromatic rings. The highest BCUT2D eigenvalue weighted by Crippen LogP contribution is 2.44. The fourth-order valence-corrected chi connectivity index (χ4v) is 3.96. The summed E-state index contributed by atoms with van der Waals surface area (Å²) in [6, 6.07) is 0. The number of hydrogen-bond donors (Lipinski definition) is 1. The molecule has 0 aromatic carbocycles.